The fourth-order valence-electron chi connectivity index (χ4n) is 1.75. The quantitative estimate of drug-likeness (QED) is 0.729. The van der Waals surface area contributed by atoms with Crippen molar-refractivity contribution in [2.75, 3.05) is 12.5 Å². The first-order valence-corrected chi connectivity index (χ1v) is 9.75. The van der Waals surface area contributed by atoms with Crippen molar-refractivity contribution in [1.29, 1.82) is 0 Å². The second kappa shape index (κ2) is 7.47. The minimum absolute atomic E-state index is 0.0364. The van der Waals surface area contributed by atoms with Gasteiger partial charge in [0.05, 0.1) is 36.8 Å². The normalized spacial score (nSPS) is 14.0. The molecule has 2 rings (SSSR count). The van der Waals surface area contributed by atoms with Crippen molar-refractivity contribution in [2.45, 2.75) is 6.18 Å². The van der Waals surface area contributed by atoms with Crippen molar-refractivity contribution in [3.05, 3.63) is 43.9 Å². The smallest absolute Gasteiger partial charge is 0.254 e. The minimum Gasteiger partial charge on any atom is -0.254 e. The first kappa shape index (κ1) is 19.3. The number of thioether (sulfide) groups is 1. The van der Waals surface area contributed by atoms with Crippen LogP contribution in [0.4, 0.5) is 13.2 Å². The first-order chi connectivity index (χ1) is 11.1. The van der Waals surface area contributed by atoms with E-state index in [1.54, 1.807) is 12.3 Å². The molecule has 4 nitrogen and oxygen atoms in total. The van der Waals surface area contributed by atoms with E-state index in [0.29, 0.717) is 9.93 Å². The Morgan fingerprint density at radius 2 is 1.92 bits per heavy atom. The van der Waals surface area contributed by atoms with Crippen molar-refractivity contribution >= 4 is 51.8 Å². The minimum atomic E-state index is -4.56. The van der Waals surface area contributed by atoms with E-state index in [2.05, 4.69) is 10.2 Å². The van der Waals surface area contributed by atoms with Gasteiger partial charge in [0.25, 0.3) is 0 Å². The zero-order chi connectivity index (χ0) is 18.1. The molecular formula is C13H10Cl2F3N3OS2. The summed E-state index contributed by atoms with van der Waals surface area (Å²) in [5, 5.41) is 7.58. The lowest BCUT2D eigenvalue weighted by Gasteiger charge is -2.11. The Kier molecular flexibility index (Phi) is 6.00. The van der Waals surface area contributed by atoms with Crippen LogP contribution < -0.4 is 0 Å². The average Bonchev–Trinajstić information content (AvgIpc) is 2.91. The number of rotatable bonds is 4. The molecule has 2 aromatic rings. The molecule has 0 N–H and O–H groups in total. The Labute approximate surface area is 152 Å². The number of hydrogen-bond donors (Lipinski definition) is 0. The Bertz CT molecular complexity index is 798. The summed E-state index contributed by atoms with van der Waals surface area (Å²) in [5.41, 5.74) is -0.546. The molecule has 0 fully saturated rings. The average molecular weight is 416 g/mol. The summed E-state index contributed by atoms with van der Waals surface area (Å²) in [4.78, 5) is 1.03. The summed E-state index contributed by atoms with van der Waals surface area (Å²) in [6, 6.07) is 1.52. The highest BCUT2D eigenvalue weighted by Gasteiger charge is 2.32. The van der Waals surface area contributed by atoms with Crippen LogP contribution in [0.3, 0.4) is 0 Å². The summed E-state index contributed by atoms with van der Waals surface area (Å²) in [6.07, 6.45) is 1.66. The molecule has 11 heteroatoms. The summed E-state index contributed by atoms with van der Waals surface area (Å²) < 4.78 is 50.3. The van der Waals surface area contributed by atoms with Crippen LogP contribution in [0.25, 0.3) is 11.8 Å². The summed E-state index contributed by atoms with van der Waals surface area (Å²) in [5.74, 6) is 0. The van der Waals surface area contributed by atoms with Gasteiger partial charge >= 0.3 is 6.18 Å². The largest absolute Gasteiger partial charge is 0.416 e. The van der Waals surface area contributed by atoms with E-state index in [9.17, 15) is 17.4 Å². The molecule has 24 heavy (non-hydrogen) atoms. The van der Waals surface area contributed by atoms with Crippen LogP contribution in [0.2, 0.25) is 10.0 Å². The fourth-order valence-corrected chi connectivity index (χ4v) is 3.85. The van der Waals surface area contributed by atoms with E-state index in [1.165, 1.54) is 24.2 Å². The van der Waals surface area contributed by atoms with Gasteiger partial charge < -0.3 is 0 Å². The number of aromatic nitrogens is 3. The van der Waals surface area contributed by atoms with Crippen molar-refractivity contribution in [3.8, 4) is 5.69 Å². The SMILES string of the molecule is CS/C(=C/c1cnn(-c2c(Cl)cc(C(F)(F)F)cc2Cl)n1)S(C)=O. The molecule has 0 radical (unpaired) electrons. The molecule has 0 bridgehead atoms. The van der Waals surface area contributed by atoms with Gasteiger partial charge in [0.15, 0.2) is 0 Å². The van der Waals surface area contributed by atoms with Gasteiger partial charge in [0, 0.05) is 6.26 Å². The van der Waals surface area contributed by atoms with Gasteiger partial charge in [-0.2, -0.15) is 18.3 Å². The van der Waals surface area contributed by atoms with Crippen LogP contribution >= 0.6 is 35.0 Å². The van der Waals surface area contributed by atoms with E-state index in [4.69, 9.17) is 23.2 Å². The topological polar surface area (TPSA) is 47.8 Å². The molecule has 1 heterocycles. The third kappa shape index (κ3) is 4.33. The Hall–Kier alpha value is -1.03. The van der Waals surface area contributed by atoms with Crippen LogP contribution in [0.15, 0.2) is 22.6 Å². The van der Waals surface area contributed by atoms with E-state index in [-0.39, 0.29) is 15.7 Å². The number of alkyl halides is 3. The Morgan fingerprint density at radius 3 is 2.38 bits per heavy atom. The number of halogens is 5. The Morgan fingerprint density at radius 1 is 1.33 bits per heavy atom. The Balaban J connectivity index is 2.46. The molecule has 1 unspecified atom stereocenters. The zero-order valence-corrected chi connectivity index (χ0v) is 15.4. The monoisotopic (exact) mass is 415 g/mol. The maximum absolute atomic E-state index is 12.7. The summed E-state index contributed by atoms with van der Waals surface area (Å²) in [6.45, 7) is 0. The number of hydrogen-bond acceptors (Lipinski definition) is 4. The predicted octanol–water partition coefficient (Wildman–Crippen LogP) is 4.63. The lowest BCUT2D eigenvalue weighted by molar-refractivity contribution is -0.137. The molecule has 0 saturated heterocycles. The summed E-state index contributed by atoms with van der Waals surface area (Å²) >= 11 is 13.1. The maximum atomic E-state index is 12.7. The lowest BCUT2D eigenvalue weighted by Crippen LogP contribution is -2.07. The van der Waals surface area contributed by atoms with Crippen LogP contribution in [0.1, 0.15) is 11.3 Å². The highest BCUT2D eigenvalue weighted by atomic mass is 35.5. The molecule has 1 atom stereocenters. The molecule has 0 spiro atoms. The predicted molar refractivity (Wildman–Crippen MR) is 91.9 cm³/mol. The van der Waals surface area contributed by atoms with Crippen molar-refractivity contribution in [3.63, 3.8) is 0 Å². The van der Waals surface area contributed by atoms with Gasteiger partial charge in [-0.15, -0.1) is 21.7 Å². The van der Waals surface area contributed by atoms with Crippen LogP contribution in [-0.4, -0.2) is 31.7 Å². The molecule has 1 aromatic heterocycles. The second-order valence-corrected chi connectivity index (χ2v) is 7.74. The molecule has 0 amide bonds. The fraction of sp³-hybridized carbons (Fsp3) is 0.231. The van der Waals surface area contributed by atoms with Gasteiger partial charge in [0.1, 0.15) is 11.4 Å². The van der Waals surface area contributed by atoms with Gasteiger partial charge in [-0.25, -0.2) is 0 Å². The van der Waals surface area contributed by atoms with E-state index in [1.807, 2.05) is 0 Å². The van der Waals surface area contributed by atoms with Gasteiger partial charge in [-0.1, -0.05) is 23.2 Å². The van der Waals surface area contributed by atoms with Crippen LogP contribution in [-0.2, 0) is 17.0 Å². The van der Waals surface area contributed by atoms with Gasteiger partial charge in [0.2, 0.25) is 0 Å². The molecular weight excluding hydrogens is 406 g/mol. The molecule has 1 aromatic carbocycles. The van der Waals surface area contributed by atoms with Crippen molar-refractivity contribution in [2.24, 2.45) is 0 Å². The third-order valence-electron chi connectivity index (χ3n) is 2.80. The number of benzene rings is 1. The van der Waals surface area contributed by atoms with Crippen LogP contribution in [0.5, 0.6) is 0 Å². The van der Waals surface area contributed by atoms with E-state index >= 15 is 0 Å². The van der Waals surface area contributed by atoms with Gasteiger partial charge in [-0.05, 0) is 24.5 Å². The first-order valence-electron chi connectivity index (χ1n) is 6.21. The summed E-state index contributed by atoms with van der Waals surface area (Å²) in [7, 11) is -1.19. The maximum Gasteiger partial charge on any atom is 0.416 e. The van der Waals surface area contributed by atoms with Crippen molar-refractivity contribution in [1.82, 2.24) is 15.0 Å². The van der Waals surface area contributed by atoms with Crippen LogP contribution in [0, 0.1) is 0 Å². The zero-order valence-electron chi connectivity index (χ0n) is 12.3. The molecule has 0 aliphatic heterocycles. The van der Waals surface area contributed by atoms with E-state index in [0.717, 1.165) is 16.9 Å². The number of nitrogens with zero attached hydrogens (tertiary/aromatic N) is 3. The molecule has 0 aliphatic rings. The second-order valence-electron chi connectivity index (χ2n) is 4.47. The highest BCUT2D eigenvalue weighted by molar-refractivity contribution is 8.16. The highest BCUT2D eigenvalue weighted by Crippen LogP contribution is 2.37. The molecule has 0 aliphatic carbocycles. The molecule has 0 saturated carbocycles. The molecule has 130 valence electrons. The standard InChI is InChI=1S/C13H10Cl2F3N3OS2/c1-23-11(24(2)22)5-8-6-19-21(20-8)12-9(14)3-7(4-10(12)15)13(16,17)18/h3-6H,1-2H3/b11-5-. The third-order valence-corrected chi connectivity index (χ3v) is 5.79. The van der Waals surface area contributed by atoms with E-state index < -0.39 is 22.5 Å². The van der Waals surface area contributed by atoms with Crippen molar-refractivity contribution < 1.29 is 17.4 Å². The van der Waals surface area contributed by atoms with Gasteiger partial charge in [-0.3, -0.25) is 4.21 Å². The lowest BCUT2D eigenvalue weighted by atomic mass is 10.2.